The molecule has 0 bridgehead atoms. The number of hydrogen-bond acceptors (Lipinski definition) is 6. The van der Waals surface area contributed by atoms with Crippen LogP contribution in [-0.4, -0.2) is 24.5 Å². The van der Waals surface area contributed by atoms with E-state index in [4.69, 9.17) is 16.0 Å². The van der Waals surface area contributed by atoms with Crippen LogP contribution in [0.3, 0.4) is 0 Å². The molecule has 0 saturated heterocycles. The van der Waals surface area contributed by atoms with Gasteiger partial charge in [0.1, 0.15) is 10.6 Å². The summed E-state index contributed by atoms with van der Waals surface area (Å²) >= 11 is 7.03. The van der Waals surface area contributed by atoms with Crippen LogP contribution in [0.15, 0.2) is 86.3 Å². The molecule has 0 fully saturated rings. The summed E-state index contributed by atoms with van der Waals surface area (Å²) in [5.41, 5.74) is 0.616. The first-order chi connectivity index (χ1) is 14.3. The average Bonchev–Trinajstić information content (AvgIpc) is 3.15. The third kappa shape index (κ3) is 4.13. The number of carboxylic acid groups (broad SMARTS) is 1. The SMILES string of the molecule is O=C(O)c1ccccc1Sc1ncc(Cl)cc1NS(=O)(=O)c1cc2ccccc2o1. The summed E-state index contributed by atoms with van der Waals surface area (Å²) in [5, 5.41) is 10.2. The monoisotopic (exact) mass is 460 g/mol. The van der Waals surface area contributed by atoms with E-state index in [2.05, 4.69) is 9.71 Å². The van der Waals surface area contributed by atoms with Gasteiger partial charge in [-0.25, -0.2) is 9.78 Å². The largest absolute Gasteiger partial charge is 0.478 e. The Morgan fingerprint density at radius 2 is 1.83 bits per heavy atom. The van der Waals surface area contributed by atoms with Crippen molar-refractivity contribution >= 4 is 56.0 Å². The highest BCUT2D eigenvalue weighted by Crippen LogP contribution is 2.36. The maximum atomic E-state index is 12.9. The van der Waals surface area contributed by atoms with Crippen molar-refractivity contribution in [3.8, 4) is 0 Å². The Balaban J connectivity index is 1.71. The zero-order valence-electron chi connectivity index (χ0n) is 15.1. The number of hydrogen-bond donors (Lipinski definition) is 2. The fraction of sp³-hybridized carbons (Fsp3) is 0. The molecular weight excluding hydrogens is 448 g/mol. The van der Waals surface area contributed by atoms with E-state index in [1.54, 1.807) is 42.5 Å². The molecule has 0 radical (unpaired) electrons. The van der Waals surface area contributed by atoms with Gasteiger partial charge in [-0.1, -0.05) is 53.7 Å². The minimum Gasteiger partial charge on any atom is -0.478 e. The first kappa shape index (κ1) is 20.3. The van der Waals surface area contributed by atoms with Crippen molar-refractivity contribution in [3.05, 3.63) is 77.4 Å². The molecule has 0 atom stereocenters. The number of nitrogens with zero attached hydrogens (tertiary/aromatic N) is 1. The van der Waals surface area contributed by atoms with E-state index in [1.165, 1.54) is 24.4 Å². The minimum atomic E-state index is -4.08. The highest BCUT2D eigenvalue weighted by atomic mass is 35.5. The molecule has 4 rings (SSSR count). The first-order valence-corrected chi connectivity index (χ1v) is 11.2. The number of benzene rings is 2. The Kier molecular flexibility index (Phi) is 5.42. The maximum absolute atomic E-state index is 12.9. The standard InChI is InChI=1S/C20H13ClN2O5S2/c21-13-10-15(19(22-11-13)29-17-8-4-2-6-14(17)20(24)25)23-30(26,27)18-9-12-5-1-3-7-16(12)28-18/h1-11,23H,(H,24,25). The van der Waals surface area contributed by atoms with Gasteiger partial charge in [0, 0.05) is 22.5 Å². The molecule has 4 aromatic rings. The van der Waals surface area contributed by atoms with Gasteiger partial charge in [0.05, 0.1) is 16.3 Å². The van der Waals surface area contributed by atoms with Crippen LogP contribution in [0.4, 0.5) is 5.69 Å². The van der Waals surface area contributed by atoms with Gasteiger partial charge < -0.3 is 9.52 Å². The van der Waals surface area contributed by atoms with Crippen molar-refractivity contribution in [2.45, 2.75) is 15.0 Å². The molecule has 30 heavy (non-hydrogen) atoms. The van der Waals surface area contributed by atoms with Gasteiger partial charge in [0.15, 0.2) is 0 Å². The smallest absolute Gasteiger partial charge is 0.336 e. The highest BCUT2D eigenvalue weighted by molar-refractivity contribution is 7.99. The lowest BCUT2D eigenvalue weighted by Crippen LogP contribution is -2.13. The van der Waals surface area contributed by atoms with Crippen molar-refractivity contribution in [2.24, 2.45) is 0 Å². The van der Waals surface area contributed by atoms with Gasteiger partial charge in [0.25, 0.3) is 10.0 Å². The van der Waals surface area contributed by atoms with Crippen molar-refractivity contribution in [1.82, 2.24) is 4.98 Å². The summed E-state index contributed by atoms with van der Waals surface area (Å²) in [7, 11) is -4.08. The van der Waals surface area contributed by atoms with Crippen molar-refractivity contribution in [1.29, 1.82) is 0 Å². The number of rotatable bonds is 6. The average molecular weight is 461 g/mol. The lowest BCUT2D eigenvalue weighted by Gasteiger charge is -2.12. The lowest BCUT2D eigenvalue weighted by atomic mass is 10.2. The van der Waals surface area contributed by atoms with Gasteiger partial charge in [-0.15, -0.1) is 0 Å². The predicted molar refractivity (Wildman–Crippen MR) is 114 cm³/mol. The Hall–Kier alpha value is -3.01. The van der Waals surface area contributed by atoms with Crippen LogP contribution < -0.4 is 4.72 Å². The van der Waals surface area contributed by atoms with Crippen LogP contribution in [0.5, 0.6) is 0 Å². The molecule has 152 valence electrons. The van der Waals surface area contributed by atoms with Crippen LogP contribution in [0.1, 0.15) is 10.4 Å². The molecule has 0 spiro atoms. The summed E-state index contributed by atoms with van der Waals surface area (Å²) in [6, 6.07) is 16.1. The molecule has 0 aliphatic rings. The van der Waals surface area contributed by atoms with Crippen LogP contribution in [-0.2, 0) is 10.0 Å². The summed E-state index contributed by atoms with van der Waals surface area (Å²) < 4.78 is 33.7. The molecule has 7 nitrogen and oxygen atoms in total. The number of carbonyl (C=O) groups is 1. The molecule has 2 aromatic heterocycles. The van der Waals surface area contributed by atoms with Crippen LogP contribution in [0, 0.1) is 0 Å². The molecule has 0 amide bonds. The van der Waals surface area contributed by atoms with E-state index in [-0.39, 0.29) is 26.4 Å². The van der Waals surface area contributed by atoms with E-state index in [1.807, 2.05) is 0 Å². The molecule has 10 heteroatoms. The zero-order valence-corrected chi connectivity index (χ0v) is 17.5. The highest BCUT2D eigenvalue weighted by Gasteiger charge is 2.22. The van der Waals surface area contributed by atoms with Crippen LogP contribution >= 0.6 is 23.4 Å². The van der Waals surface area contributed by atoms with E-state index < -0.39 is 16.0 Å². The first-order valence-electron chi connectivity index (χ1n) is 8.50. The van der Waals surface area contributed by atoms with Gasteiger partial charge in [-0.3, -0.25) is 4.72 Å². The van der Waals surface area contributed by atoms with Crippen molar-refractivity contribution in [2.75, 3.05) is 4.72 Å². The minimum absolute atomic E-state index is 0.0744. The summed E-state index contributed by atoms with van der Waals surface area (Å²) in [6.07, 6.45) is 1.35. The van der Waals surface area contributed by atoms with Gasteiger partial charge in [-0.05, 0) is 24.3 Å². The summed E-state index contributed by atoms with van der Waals surface area (Å²) in [6.45, 7) is 0. The molecule has 0 aliphatic heterocycles. The Morgan fingerprint density at radius 3 is 2.60 bits per heavy atom. The molecule has 2 heterocycles. The van der Waals surface area contributed by atoms with E-state index in [0.29, 0.717) is 15.9 Å². The second kappa shape index (κ2) is 8.02. The molecule has 0 unspecified atom stereocenters. The van der Waals surface area contributed by atoms with Crippen molar-refractivity contribution < 1.29 is 22.7 Å². The molecule has 2 N–H and O–H groups in total. The lowest BCUT2D eigenvalue weighted by molar-refractivity contribution is 0.0693. The predicted octanol–water partition coefficient (Wildman–Crippen LogP) is 5.13. The van der Waals surface area contributed by atoms with Gasteiger partial charge in [0.2, 0.25) is 5.09 Å². The van der Waals surface area contributed by atoms with E-state index >= 15 is 0 Å². The quantitative estimate of drug-likeness (QED) is 0.410. The number of anilines is 1. The normalized spacial score (nSPS) is 11.5. The molecular formula is C20H13ClN2O5S2. The van der Waals surface area contributed by atoms with E-state index in [9.17, 15) is 18.3 Å². The number of fused-ring (bicyclic) bond motifs is 1. The maximum Gasteiger partial charge on any atom is 0.336 e. The number of aromatic nitrogens is 1. The molecule has 0 aliphatic carbocycles. The fourth-order valence-electron chi connectivity index (χ4n) is 2.70. The Bertz CT molecular complexity index is 1340. The number of carboxylic acids is 1. The Morgan fingerprint density at radius 1 is 1.10 bits per heavy atom. The molecule has 2 aromatic carbocycles. The van der Waals surface area contributed by atoms with Gasteiger partial charge >= 0.3 is 5.97 Å². The second-order valence-electron chi connectivity index (χ2n) is 6.12. The number of nitrogens with one attached hydrogen (secondary N) is 1. The third-order valence-electron chi connectivity index (χ3n) is 4.05. The summed E-state index contributed by atoms with van der Waals surface area (Å²) in [5.74, 6) is -1.10. The number of pyridine rings is 1. The number of furan rings is 1. The number of para-hydroxylation sites is 1. The second-order valence-corrected chi connectivity index (χ2v) is 9.20. The fourth-order valence-corrected chi connectivity index (χ4v) is 4.90. The van der Waals surface area contributed by atoms with Gasteiger partial charge in [-0.2, -0.15) is 8.42 Å². The van der Waals surface area contributed by atoms with Crippen molar-refractivity contribution in [3.63, 3.8) is 0 Å². The number of halogens is 1. The summed E-state index contributed by atoms with van der Waals surface area (Å²) in [4.78, 5) is 16.1. The number of sulfonamides is 1. The van der Waals surface area contributed by atoms with Crippen LogP contribution in [0.25, 0.3) is 11.0 Å². The zero-order chi connectivity index (χ0) is 21.3. The topological polar surface area (TPSA) is 109 Å². The molecule has 0 saturated carbocycles. The Labute approximate surface area is 180 Å². The van der Waals surface area contributed by atoms with Crippen LogP contribution in [0.2, 0.25) is 5.02 Å². The third-order valence-corrected chi connectivity index (χ3v) is 6.57. The van der Waals surface area contributed by atoms with E-state index in [0.717, 1.165) is 11.8 Å². The number of aromatic carboxylic acids is 1.